The Morgan fingerprint density at radius 1 is 1.29 bits per heavy atom. The van der Waals surface area contributed by atoms with Gasteiger partial charge in [-0.05, 0) is 26.3 Å². The Kier molecular flexibility index (Phi) is 10.7. The predicted molar refractivity (Wildman–Crippen MR) is 142 cm³/mol. The van der Waals surface area contributed by atoms with E-state index in [2.05, 4.69) is 10.1 Å². The van der Waals surface area contributed by atoms with Crippen molar-refractivity contribution < 1.29 is 33.4 Å². The largest absolute Gasteiger partial charge is 0.405 e. The number of aliphatic hydroxyl groups is 2. The molecule has 1 aromatic heterocycles. The molecule has 1 aliphatic heterocycles. The van der Waals surface area contributed by atoms with Gasteiger partial charge in [-0.1, -0.05) is 42.1 Å². The van der Waals surface area contributed by atoms with Gasteiger partial charge in [0.25, 0.3) is 5.56 Å². The van der Waals surface area contributed by atoms with Gasteiger partial charge in [0, 0.05) is 30.5 Å². The fraction of sp³-hybridized carbons (Fsp3) is 0.542. The normalized spacial score (nSPS) is 21.3. The lowest BCUT2D eigenvalue weighted by atomic mass is 9.97. The summed E-state index contributed by atoms with van der Waals surface area (Å²) in [6.07, 6.45) is -1.39. The fourth-order valence-corrected chi connectivity index (χ4v) is 5.71. The van der Waals surface area contributed by atoms with Gasteiger partial charge in [-0.25, -0.2) is 14.4 Å². The molecule has 0 aliphatic carbocycles. The molecule has 0 spiro atoms. The number of nitrogens with zero attached hydrogens (tertiary/aromatic N) is 1. The number of hydrogen-bond donors (Lipinski definition) is 4. The molecule has 1 aliphatic rings. The average Bonchev–Trinajstić information content (AvgIpc) is 3.27. The number of H-pyrrole nitrogens is 1. The van der Waals surface area contributed by atoms with E-state index in [0.717, 1.165) is 17.3 Å². The van der Waals surface area contributed by atoms with Crippen molar-refractivity contribution in [3.05, 3.63) is 68.5 Å². The molecule has 210 valence electrons. The number of carbonyl (C=O) groups excluding carboxylic acids is 1. The highest BCUT2D eigenvalue weighted by Gasteiger charge is 2.38. The molecule has 4 N–H and O–H groups in total. The SMILES string of the molecule is Cc1cn([C@H]2CC(O)[C@H](COP(=O)(NCc3ccccc3)OCCSC(=O)C(C)(C)CO)O2)c(=O)[nH]c1=O. The van der Waals surface area contributed by atoms with Crippen LogP contribution in [0.2, 0.25) is 0 Å². The van der Waals surface area contributed by atoms with Crippen LogP contribution in [-0.4, -0.2) is 62.7 Å². The number of benzene rings is 1. The highest BCUT2D eigenvalue weighted by Crippen LogP contribution is 2.45. The van der Waals surface area contributed by atoms with E-state index in [9.17, 15) is 29.2 Å². The third-order valence-corrected chi connectivity index (χ3v) is 8.66. The Hall–Kier alpha value is -2.09. The number of aromatic nitrogens is 2. The third kappa shape index (κ3) is 8.20. The Morgan fingerprint density at radius 3 is 2.68 bits per heavy atom. The number of ether oxygens (including phenoxy) is 1. The van der Waals surface area contributed by atoms with Crippen LogP contribution in [0.25, 0.3) is 0 Å². The van der Waals surface area contributed by atoms with Crippen molar-refractivity contribution in [3.8, 4) is 0 Å². The van der Waals surface area contributed by atoms with Gasteiger partial charge >= 0.3 is 13.4 Å². The number of nitrogens with one attached hydrogen (secondary N) is 2. The topological polar surface area (TPSA) is 169 Å². The first-order valence-electron chi connectivity index (χ1n) is 12.1. The third-order valence-electron chi connectivity index (χ3n) is 5.91. The predicted octanol–water partition coefficient (Wildman–Crippen LogP) is 1.70. The summed E-state index contributed by atoms with van der Waals surface area (Å²) in [5, 5.41) is 22.4. The minimum atomic E-state index is -3.92. The number of aliphatic hydroxyl groups excluding tert-OH is 2. The molecule has 3 rings (SSSR count). The maximum absolute atomic E-state index is 13.5. The molecule has 2 heterocycles. The number of hydrogen-bond acceptors (Lipinski definition) is 10. The van der Waals surface area contributed by atoms with Crippen LogP contribution in [0, 0.1) is 12.3 Å². The highest BCUT2D eigenvalue weighted by molar-refractivity contribution is 8.13. The van der Waals surface area contributed by atoms with E-state index >= 15 is 0 Å². The molecule has 0 bridgehead atoms. The summed E-state index contributed by atoms with van der Waals surface area (Å²) in [6.45, 7) is 4.28. The zero-order chi connectivity index (χ0) is 27.9. The zero-order valence-corrected chi connectivity index (χ0v) is 23.2. The smallest absolute Gasteiger partial charge is 0.395 e. The second-order valence-corrected chi connectivity index (χ2v) is 12.4. The lowest BCUT2D eigenvalue weighted by Gasteiger charge is -2.23. The summed E-state index contributed by atoms with van der Waals surface area (Å²) < 4.78 is 31.7. The van der Waals surface area contributed by atoms with E-state index < -0.39 is 42.8 Å². The molecule has 2 aromatic rings. The van der Waals surface area contributed by atoms with Crippen LogP contribution in [0.4, 0.5) is 0 Å². The van der Waals surface area contributed by atoms with E-state index in [1.54, 1.807) is 20.8 Å². The van der Waals surface area contributed by atoms with Crippen molar-refractivity contribution in [2.24, 2.45) is 5.41 Å². The van der Waals surface area contributed by atoms with Crippen molar-refractivity contribution in [2.45, 2.75) is 52.2 Å². The molecule has 1 aromatic carbocycles. The van der Waals surface area contributed by atoms with Crippen LogP contribution >= 0.6 is 19.5 Å². The van der Waals surface area contributed by atoms with Gasteiger partial charge in [0.2, 0.25) is 0 Å². The molecular weight excluding hydrogens is 537 g/mol. The highest BCUT2D eigenvalue weighted by atomic mass is 32.2. The monoisotopic (exact) mass is 571 g/mol. The molecular formula is C24H34N3O9PS. The molecule has 1 fully saturated rings. The van der Waals surface area contributed by atoms with Gasteiger partial charge in [0.05, 0.1) is 31.3 Å². The molecule has 0 radical (unpaired) electrons. The number of thioether (sulfide) groups is 1. The molecule has 1 saturated heterocycles. The number of aromatic amines is 1. The maximum atomic E-state index is 13.5. The molecule has 14 heteroatoms. The molecule has 0 saturated carbocycles. The summed E-state index contributed by atoms with van der Waals surface area (Å²) in [5.41, 5.74) is -0.945. The van der Waals surface area contributed by atoms with E-state index in [1.807, 2.05) is 30.3 Å². The zero-order valence-electron chi connectivity index (χ0n) is 21.5. The molecule has 2 unspecified atom stereocenters. The van der Waals surface area contributed by atoms with Crippen molar-refractivity contribution >= 4 is 24.6 Å². The van der Waals surface area contributed by atoms with E-state index in [4.69, 9.17) is 13.8 Å². The van der Waals surface area contributed by atoms with Crippen molar-refractivity contribution in [1.82, 2.24) is 14.6 Å². The van der Waals surface area contributed by atoms with Crippen molar-refractivity contribution in [2.75, 3.05) is 25.6 Å². The second-order valence-electron chi connectivity index (χ2n) is 9.54. The van der Waals surface area contributed by atoms with E-state index in [1.165, 1.54) is 10.8 Å². The van der Waals surface area contributed by atoms with Gasteiger partial charge in [0.15, 0.2) is 5.12 Å². The first-order valence-corrected chi connectivity index (χ1v) is 14.6. The summed E-state index contributed by atoms with van der Waals surface area (Å²) in [5.74, 6) is 0.182. The van der Waals surface area contributed by atoms with E-state index in [0.29, 0.717) is 5.56 Å². The average molecular weight is 572 g/mol. The van der Waals surface area contributed by atoms with Gasteiger partial charge in [0.1, 0.15) is 12.3 Å². The lowest BCUT2D eigenvalue weighted by molar-refractivity contribution is -0.119. The summed E-state index contributed by atoms with van der Waals surface area (Å²) in [4.78, 5) is 38.3. The van der Waals surface area contributed by atoms with Crippen LogP contribution < -0.4 is 16.3 Å². The van der Waals surface area contributed by atoms with Gasteiger partial charge in [-0.2, -0.15) is 0 Å². The van der Waals surface area contributed by atoms with Gasteiger partial charge < -0.3 is 14.9 Å². The second kappa shape index (κ2) is 13.3. The Labute approximate surface area is 224 Å². The first kappa shape index (κ1) is 30.5. The Bertz CT molecular complexity index is 1250. The van der Waals surface area contributed by atoms with Crippen molar-refractivity contribution in [3.63, 3.8) is 0 Å². The lowest BCUT2D eigenvalue weighted by Crippen LogP contribution is -2.33. The summed E-state index contributed by atoms with van der Waals surface area (Å²) >= 11 is 0.958. The Morgan fingerprint density at radius 2 is 2.00 bits per heavy atom. The van der Waals surface area contributed by atoms with Gasteiger partial charge in [-0.3, -0.25) is 28.2 Å². The molecule has 12 nitrogen and oxygen atoms in total. The van der Waals surface area contributed by atoms with Crippen LogP contribution in [0.3, 0.4) is 0 Å². The number of aryl methyl sites for hydroxylation is 1. The van der Waals surface area contributed by atoms with Crippen LogP contribution in [0.15, 0.2) is 46.1 Å². The van der Waals surface area contributed by atoms with Crippen LogP contribution in [0.1, 0.15) is 37.6 Å². The summed E-state index contributed by atoms with van der Waals surface area (Å²) in [7, 11) is -3.92. The summed E-state index contributed by atoms with van der Waals surface area (Å²) in [6, 6.07) is 9.18. The van der Waals surface area contributed by atoms with Gasteiger partial charge in [-0.15, -0.1) is 0 Å². The van der Waals surface area contributed by atoms with Crippen LogP contribution in [-0.2, 0) is 29.7 Å². The van der Waals surface area contributed by atoms with Crippen molar-refractivity contribution in [1.29, 1.82) is 0 Å². The molecule has 38 heavy (non-hydrogen) atoms. The minimum absolute atomic E-state index is 0.0570. The standard InChI is InChI=1S/C24H34N3O9PS/c1-16-13-27(23(32)26-21(16)30)20-11-18(29)19(36-20)14-35-37(33,25-12-17-7-5-4-6-8-17)34-9-10-38-22(31)24(2,3)15-28/h4-8,13,18-20,28-29H,9-12,14-15H2,1-3H3,(H,25,33)(H,26,30,32)/t18?,19-,20+,37?/m0/s1. The maximum Gasteiger partial charge on any atom is 0.405 e. The minimum Gasteiger partial charge on any atom is -0.395 e. The quantitative estimate of drug-likeness (QED) is 0.204. The molecule has 4 atom stereocenters. The number of carbonyl (C=O) groups is 1. The first-order chi connectivity index (χ1) is 17.9. The van der Waals surface area contributed by atoms with E-state index in [-0.39, 0.29) is 43.7 Å². The molecule has 0 amide bonds. The van der Waals surface area contributed by atoms with Crippen LogP contribution in [0.5, 0.6) is 0 Å². The fourth-order valence-electron chi connectivity index (χ4n) is 3.47. The number of rotatable bonds is 13. The Balaban J connectivity index is 1.63.